The first-order chi connectivity index (χ1) is 45.8. The summed E-state index contributed by atoms with van der Waals surface area (Å²) in [7, 11) is 9.00. The standard InChI is InChI=1S/C27H31FN6O2.C14H12BrFN4O2.C13H20N2.C7H6BrF.C7H7BrN4O2/c1-18-9-10-19(2)21(15-18)16-32-11-13-33(14-12-32)26-29-24-23(25(35)31(4)27(36)30(24)3)34(26)17-20-7-5-6-8-22(20)28;1-18-11-10(12(21)19(2)14(18)22)20(13(15)17-11)7-8-5-3-4-6-9(8)16;1-11-3-4-12(2)13(9-11)10-15-7-5-14-6-8-15;8-5-6-3-1-2-4-7(6)9;1-11-4-3(9-6(8)10-4)5(13)12(2)7(11)14/h5-10,15H,11-14,16-17H2,1-4H3;3-6H,7H2,1-2H3;3-4,9,14H,5-8,10H2,1-2H3;1-4H,5H2;1-2H3,(H,9,10). The molecule has 8 heterocycles. The first-order valence-corrected chi connectivity index (χ1v) is 33.6. The van der Waals surface area contributed by atoms with E-state index in [4.69, 9.17) is 4.98 Å². The van der Waals surface area contributed by atoms with Crippen molar-refractivity contribution in [1.82, 2.24) is 71.6 Å². The lowest BCUT2D eigenvalue weighted by Crippen LogP contribution is -2.47. The van der Waals surface area contributed by atoms with E-state index >= 15 is 0 Å². The number of nitrogens with zero attached hydrogens (tertiary/aromatic N) is 14. The number of benzene rings is 5. The maximum absolute atomic E-state index is 14.6. The highest BCUT2D eigenvalue weighted by Crippen LogP contribution is 2.26. The lowest BCUT2D eigenvalue weighted by atomic mass is 10.0. The van der Waals surface area contributed by atoms with Crippen LogP contribution in [-0.2, 0) is 73.8 Å². The lowest BCUT2D eigenvalue weighted by Gasteiger charge is -2.35. The summed E-state index contributed by atoms with van der Waals surface area (Å²) in [6.45, 7) is 18.6. The number of piperazine rings is 2. The lowest BCUT2D eigenvalue weighted by molar-refractivity contribution is 0.233. The summed E-state index contributed by atoms with van der Waals surface area (Å²) < 4.78 is 52.2. The van der Waals surface area contributed by atoms with E-state index in [2.05, 4.69) is 147 Å². The van der Waals surface area contributed by atoms with Crippen LogP contribution in [0.1, 0.15) is 50.1 Å². The predicted molar refractivity (Wildman–Crippen MR) is 380 cm³/mol. The van der Waals surface area contributed by atoms with Gasteiger partial charge in [0, 0.05) is 124 Å². The van der Waals surface area contributed by atoms with Gasteiger partial charge in [0.15, 0.2) is 43.0 Å². The van der Waals surface area contributed by atoms with Crippen molar-refractivity contribution in [1.29, 1.82) is 0 Å². The van der Waals surface area contributed by atoms with Crippen molar-refractivity contribution < 1.29 is 13.2 Å². The minimum atomic E-state index is -0.465. The number of H-pyrrole nitrogens is 1. The molecule has 2 N–H and O–H groups in total. The number of anilines is 1. The van der Waals surface area contributed by atoms with Gasteiger partial charge in [0.25, 0.3) is 16.7 Å². The largest absolute Gasteiger partial charge is 0.340 e. The van der Waals surface area contributed by atoms with Crippen LogP contribution < -0.4 is 44.0 Å². The van der Waals surface area contributed by atoms with Gasteiger partial charge in [0.1, 0.15) is 17.5 Å². The summed E-state index contributed by atoms with van der Waals surface area (Å²) in [4.78, 5) is 95.9. The second-order valence-electron chi connectivity index (χ2n) is 23.7. The predicted octanol–water partition coefficient (Wildman–Crippen LogP) is 8.10. The second-order valence-corrected chi connectivity index (χ2v) is 25.7. The van der Waals surface area contributed by atoms with Crippen molar-refractivity contribution in [3.8, 4) is 0 Å². The molecule has 2 aliphatic rings. The van der Waals surface area contributed by atoms with Crippen LogP contribution in [0.5, 0.6) is 0 Å². The van der Waals surface area contributed by atoms with Gasteiger partial charge in [-0.15, -0.1) is 0 Å². The molecule has 13 rings (SSSR count). The van der Waals surface area contributed by atoms with Gasteiger partial charge in [-0.1, -0.05) is 118 Å². The molecule has 22 nitrogen and oxygen atoms in total. The highest BCUT2D eigenvalue weighted by molar-refractivity contribution is 9.10. The van der Waals surface area contributed by atoms with E-state index in [1.165, 1.54) is 107 Å². The first-order valence-electron chi connectivity index (χ1n) is 30.9. The fourth-order valence-corrected chi connectivity index (χ4v) is 12.6. The number of alkyl halides is 1. The average molecular weight is 1510 g/mol. The summed E-state index contributed by atoms with van der Waals surface area (Å²) in [6, 6.07) is 32.8. The smallest absolute Gasteiger partial charge is 0.332 e. The molecule has 0 saturated carbocycles. The number of imidazole rings is 3. The number of halogens is 6. The van der Waals surface area contributed by atoms with Crippen molar-refractivity contribution in [2.45, 2.75) is 59.2 Å². The van der Waals surface area contributed by atoms with Crippen LogP contribution in [0.25, 0.3) is 33.5 Å². The minimum absolute atomic E-state index is 0.136. The van der Waals surface area contributed by atoms with Crippen molar-refractivity contribution in [3.05, 3.63) is 249 Å². The van der Waals surface area contributed by atoms with Crippen LogP contribution in [0, 0.1) is 45.1 Å². The Labute approximate surface area is 575 Å². The maximum Gasteiger partial charge on any atom is 0.332 e. The van der Waals surface area contributed by atoms with Gasteiger partial charge in [-0.2, -0.15) is 4.98 Å². The molecule has 0 bridgehead atoms. The summed E-state index contributed by atoms with van der Waals surface area (Å²) >= 11 is 9.56. The van der Waals surface area contributed by atoms with Gasteiger partial charge in [-0.25, -0.2) is 37.5 Å². The third kappa shape index (κ3) is 16.1. The topological polar surface area (TPSA) is 218 Å². The molecule has 2 saturated heterocycles. The SMILES string of the molecule is Cc1ccc(C)c(CN2CCN(c3nc4c(c(=O)n(C)c(=O)n4C)n3Cc3ccccc3F)CC2)c1.Cc1ccc(C)c(CN2CCNCC2)c1.Cn1c(=O)c2[nH]c(Br)nc2n(C)c1=O.Cn1c(=O)c2c(nc(Br)n2Cc2ccccc2F)n(C)c1=O.Fc1ccccc1CBr. The van der Waals surface area contributed by atoms with Gasteiger partial charge in [-0.3, -0.25) is 56.2 Å². The third-order valence-electron chi connectivity index (χ3n) is 17.0. The molecular formula is C68H76Br3F3N16O6. The number of rotatable bonds is 10. The quantitative estimate of drug-likeness (QED) is 0.0979. The first kappa shape index (κ1) is 71.7. The fraction of sp³-hybridized carbons (Fsp3) is 0.338. The normalized spacial score (nSPS) is 13.4. The van der Waals surface area contributed by atoms with E-state index in [0.29, 0.717) is 72.9 Å². The molecule has 0 amide bonds. The van der Waals surface area contributed by atoms with Crippen molar-refractivity contribution in [3.63, 3.8) is 0 Å². The highest BCUT2D eigenvalue weighted by Gasteiger charge is 2.27. The van der Waals surface area contributed by atoms with Gasteiger partial charge in [-0.05, 0) is 106 Å². The molecule has 5 aromatic carbocycles. The number of hydrogen-bond acceptors (Lipinski definition) is 13. The Balaban J connectivity index is 0.000000153. The average Bonchev–Trinajstić information content (AvgIpc) is 1.60. The third-order valence-corrected chi connectivity index (χ3v) is 18.6. The van der Waals surface area contributed by atoms with Crippen LogP contribution in [0.15, 0.2) is 147 Å². The Morgan fingerprint density at radius 1 is 0.448 bits per heavy atom. The molecule has 0 spiro atoms. The maximum atomic E-state index is 14.6. The summed E-state index contributed by atoms with van der Waals surface area (Å²) in [5.41, 5.74) is 8.97. The highest BCUT2D eigenvalue weighted by atomic mass is 79.9. The van der Waals surface area contributed by atoms with E-state index < -0.39 is 22.5 Å². The fourth-order valence-electron chi connectivity index (χ4n) is 11.3. The van der Waals surface area contributed by atoms with Crippen LogP contribution in [0.4, 0.5) is 19.1 Å². The number of nitrogens with one attached hydrogen (secondary N) is 2. The van der Waals surface area contributed by atoms with E-state index in [0.717, 1.165) is 53.0 Å². The Morgan fingerprint density at radius 3 is 1.33 bits per heavy atom. The molecule has 11 aromatic rings. The molecule has 0 unspecified atom stereocenters. The Bertz CT molecular complexity index is 5030. The number of aryl methyl sites for hydroxylation is 7. The van der Waals surface area contributed by atoms with Crippen LogP contribution >= 0.6 is 47.8 Å². The number of aromatic amines is 1. The Hall–Kier alpha value is -8.54. The zero-order valence-corrected chi connectivity index (χ0v) is 59.8. The molecule has 28 heteroatoms. The molecular weight excluding hydrogens is 1430 g/mol. The van der Waals surface area contributed by atoms with Crippen LogP contribution in [-0.4, -0.2) is 119 Å². The van der Waals surface area contributed by atoms with Crippen molar-refractivity contribution in [2.24, 2.45) is 42.3 Å². The summed E-state index contributed by atoms with van der Waals surface area (Å²) in [6.07, 6.45) is 0. The molecule has 0 aliphatic carbocycles. The summed E-state index contributed by atoms with van der Waals surface area (Å²) in [5, 5.41) is 3.97. The monoisotopic (exact) mass is 1510 g/mol. The molecule has 0 atom stereocenters. The second kappa shape index (κ2) is 31.6. The summed E-state index contributed by atoms with van der Waals surface area (Å²) in [5.74, 6) is -0.268. The molecule has 96 heavy (non-hydrogen) atoms. The van der Waals surface area contributed by atoms with Crippen LogP contribution in [0.2, 0.25) is 0 Å². The van der Waals surface area contributed by atoms with E-state index in [1.54, 1.807) is 71.8 Å². The van der Waals surface area contributed by atoms with E-state index in [1.807, 2.05) is 6.07 Å². The molecule has 0 radical (unpaired) electrons. The number of aromatic nitrogens is 12. The van der Waals surface area contributed by atoms with Crippen molar-refractivity contribution in [2.75, 3.05) is 57.3 Å². The van der Waals surface area contributed by atoms with E-state index in [9.17, 15) is 41.9 Å². The van der Waals surface area contributed by atoms with Gasteiger partial charge < -0.3 is 19.8 Å². The molecule has 2 aliphatic heterocycles. The zero-order valence-electron chi connectivity index (χ0n) is 55.1. The Kier molecular flexibility index (Phi) is 23.6. The Morgan fingerprint density at radius 2 is 0.865 bits per heavy atom. The minimum Gasteiger partial charge on any atom is -0.340 e. The molecule has 506 valence electrons. The van der Waals surface area contributed by atoms with Gasteiger partial charge in [0.05, 0.1) is 13.1 Å². The van der Waals surface area contributed by atoms with Gasteiger partial charge >= 0.3 is 17.1 Å². The molecule has 6 aromatic heterocycles. The number of fused-ring (bicyclic) bond motifs is 3. The molecule has 2 fully saturated rings. The van der Waals surface area contributed by atoms with Crippen molar-refractivity contribution >= 4 is 87.2 Å². The van der Waals surface area contributed by atoms with Crippen LogP contribution in [0.3, 0.4) is 0 Å². The number of hydrogen-bond donors (Lipinski definition) is 2. The van der Waals surface area contributed by atoms with Gasteiger partial charge in [0.2, 0.25) is 5.95 Å². The zero-order chi connectivity index (χ0) is 69.4. The van der Waals surface area contributed by atoms with E-state index in [-0.39, 0.29) is 53.0 Å².